The molecule has 9 heteroatoms. The number of rotatable bonds is 4. The Hall–Kier alpha value is -1.87. The van der Waals surface area contributed by atoms with Crippen LogP contribution in [0, 0.1) is 10.1 Å². The molecule has 0 aromatic heterocycles. The molecule has 0 atom stereocenters. The van der Waals surface area contributed by atoms with Gasteiger partial charge in [0, 0.05) is 44.0 Å². The number of hydrogen-bond acceptors (Lipinski definition) is 6. The third-order valence-electron chi connectivity index (χ3n) is 3.65. The van der Waals surface area contributed by atoms with Gasteiger partial charge in [0.25, 0.3) is 0 Å². The largest absolute Gasteiger partial charge is 0.490 e. The topological polar surface area (TPSA) is 93.0 Å². The van der Waals surface area contributed by atoms with Crippen molar-refractivity contribution in [3.05, 3.63) is 28.3 Å². The zero-order valence-corrected chi connectivity index (χ0v) is 13.4. The summed E-state index contributed by atoms with van der Waals surface area (Å²) in [5, 5.41) is 10.9. The van der Waals surface area contributed by atoms with E-state index in [9.17, 15) is 18.5 Å². The Morgan fingerprint density at radius 3 is 2.55 bits per heavy atom. The van der Waals surface area contributed by atoms with Crippen LogP contribution in [0.25, 0.3) is 0 Å². The number of ether oxygens (including phenoxy) is 1. The zero-order chi connectivity index (χ0) is 16.3. The lowest BCUT2D eigenvalue weighted by molar-refractivity contribution is -0.385. The third kappa shape index (κ3) is 3.66. The molecule has 1 aliphatic heterocycles. The lowest BCUT2D eigenvalue weighted by Gasteiger charge is -2.23. The number of nitro benzene ring substituents is 1. The minimum Gasteiger partial charge on any atom is -0.490 e. The molecule has 0 unspecified atom stereocenters. The van der Waals surface area contributed by atoms with E-state index in [1.807, 2.05) is 4.90 Å². The van der Waals surface area contributed by atoms with Crippen LogP contribution in [0.15, 0.2) is 18.2 Å². The van der Waals surface area contributed by atoms with Crippen LogP contribution in [0.5, 0.6) is 5.75 Å². The number of nitrogens with zero attached hydrogens (tertiary/aromatic N) is 3. The van der Waals surface area contributed by atoms with Crippen LogP contribution in [0.3, 0.4) is 0 Å². The van der Waals surface area contributed by atoms with E-state index in [0.717, 1.165) is 5.69 Å². The summed E-state index contributed by atoms with van der Waals surface area (Å²) in [6.07, 6.45) is 1.91. The van der Waals surface area contributed by atoms with Gasteiger partial charge in [-0.1, -0.05) is 0 Å². The molecule has 1 aliphatic rings. The maximum Gasteiger partial charge on any atom is 0.311 e. The van der Waals surface area contributed by atoms with E-state index < -0.39 is 14.9 Å². The molecule has 0 N–H and O–H groups in total. The molecule has 1 saturated heterocycles. The lowest BCUT2D eigenvalue weighted by atomic mass is 10.2. The fraction of sp³-hybridized carbons (Fsp3) is 0.538. The summed E-state index contributed by atoms with van der Waals surface area (Å²) in [5.74, 6) is 0.201. The van der Waals surface area contributed by atoms with Gasteiger partial charge in [-0.3, -0.25) is 10.1 Å². The van der Waals surface area contributed by atoms with Gasteiger partial charge in [0.05, 0.1) is 18.3 Å². The van der Waals surface area contributed by atoms with E-state index >= 15 is 0 Å². The maximum absolute atomic E-state index is 11.6. The molecule has 0 amide bonds. The van der Waals surface area contributed by atoms with Gasteiger partial charge in [0.15, 0.2) is 5.75 Å². The van der Waals surface area contributed by atoms with Crippen molar-refractivity contribution in [2.75, 3.05) is 44.4 Å². The molecule has 1 aromatic rings. The van der Waals surface area contributed by atoms with Crippen molar-refractivity contribution in [2.24, 2.45) is 0 Å². The Morgan fingerprint density at radius 2 is 1.95 bits per heavy atom. The van der Waals surface area contributed by atoms with E-state index in [2.05, 4.69) is 0 Å². The summed E-state index contributed by atoms with van der Waals surface area (Å²) < 4.78 is 29.8. The van der Waals surface area contributed by atoms with E-state index in [0.29, 0.717) is 32.6 Å². The fourth-order valence-electron chi connectivity index (χ4n) is 2.50. The van der Waals surface area contributed by atoms with Crippen LogP contribution >= 0.6 is 0 Å². The fourth-order valence-corrected chi connectivity index (χ4v) is 3.37. The molecule has 0 bridgehead atoms. The molecule has 122 valence electrons. The highest BCUT2D eigenvalue weighted by molar-refractivity contribution is 7.88. The number of benzene rings is 1. The van der Waals surface area contributed by atoms with Crippen molar-refractivity contribution in [1.29, 1.82) is 0 Å². The Morgan fingerprint density at radius 1 is 1.23 bits per heavy atom. The normalized spacial score (nSPS) is 17.1. The highest BCUT2D eigenvalue weighted by atomic mass is 32.2. The molecule has 22 heavy (non-hydrogen) atoms. The summed E-state index contributed by atoms with van der Waals surface area (Å²) >= 11 is 0. The summed E-state index contributed by atoms with van der Waals surface area (Å²) in [4.78, 5) is 12.4. The molecular formula is C13H19N3O5S. The first-order valence-corrected chi connectivity index (χ1v) is 8.70. The predicted molar refractivity (Wildman–Crippen MR) is 82.9 cm³/mol. The standard InChI is InChI=1S/C13H19N3O5S/c1-21-13-10-11(4-5-12(13)16(17)18)14-6-3-7-15(9-8-14)22(2,19)20/h4-5,10H,3,6-9H2,1-2H3. The van der Waals surface area contributed by atoms with E-state index in [-0.39, 0.29) is 11.4 Å². The Labute approximate surface area is 129 Å². The SMILES string of the molecule is COc1cc(N2CCCN(S(C)(=O)=O)CC2)ccc1[N+](=O)[O-]. The van der Waals surface area contributed by atoms with Crippen molar-refractivity contribution in [2.45, 2.75) is 6.42 Å². The summed E-state index contributed by atoms with van der Waals surface area (Å²) in [6, 6.07) is 4.69. The van der Waals surface area contributed by atoms with Gasteiger partial charge >= 0.3 is 5.69 Å². The Balaban J connectivity index is 2.20. The molecule has 0 saturated carbocycles. The summed E-state index contributed by atoms with van der Waals surface area (Å²) in [6.45, 7) is 2.11. The monoisotopic (exact) mass is 329 g/mol. The van der Waals surface area contributed by atoms with Crippen molar-refractivity contribution in [3.63, 3.8) is 0 Å². The minimum absolute atomic E-state index is 0.0844. The summed E-state index contributed by atoms with van der Waals surface area (Å²) in [7, 11) is -1.80. The Kier molecular flexibility index (Phi) is 4.87. The highest BCUT2D eigenvalue weighted by Gasteiger charge is 2.23. The molecule has 1 heterocycles. The first-order chi connectivity index (χ1) is 10.3. The van der Waals surface area contributed by atoms with Crippen LogP contribution < -0.4 is 9.64 Å². The second-order valence-electron chi connectivity index (χ2n) is 5.12. The number of anilines is 1. The van der Waals surface area contributed by atoms with E-state index in [4.69, 9.17) is 4.74 Å². The van der Waals surface area contributed by atoms with Crippen LogP contribution in [-0.2, 0) is 10.0 Å². The average Bonchev–Trinajstić information content (AvgIpc) is 2.72. The number of sulfonamides is 1. The Bertz CT molecular complexity index is 662. The lowest BCUT2D eigenvalue weighted by Crippen LogP contribution is -2.34. The number of methoxy groups -OCH3 is 1. The van der Waals surface area contributed by atoms with Gasteiger partial charge in [-0.05, 0) is 12.5 Å². The molecule has 8 nitrogen and oxygen atoms in total. The van der Waals surface area contributed by atoms with Gasteiger partial charge in [0.1, 0.15) is 0 Å². The van der Waals surface area contributed by atoms with Crippen LogP contribution in [0.2, 0.25) is 0 Å². The third-order valence-corrected chi connectivity index (χ3v) is 4.95. The van der Waals surface area contributed by atoms with Crippen molar-refractivity contribution in [1.82, 2.24) is 4.31 Å². The molecule has 0 radical (unpaired) electrons. The molecule has 2 rings (SSSR count). The minimum atomic E-state index is -3.19. The first kappa shape index (κ1) is 16.5. The zero-order valence-electron chi connectivity index (χ0n) is 12.6. The van der Waals surface area contributed by atoms with Crippen molar-refractivity contribution >= 4 is 21.4 Å². The van der Waals surface area contributed by atoms with Crippen molar-refractivity contribution < 1.29 is 18.1 Å². The smallest absolute Gasteiger partial charge is 0.311 e. The number of nitro groups is 1. The van der Waals surface area contributed by atoms with Crippen molar-refractivity contribution in [3.8, 4) is 5.75 Å². The average molecular weight is 329 g/mol. The van der Waals surface area contributed by atoms with Gasteiger partial charge in [-0.15, -0.1) is 0 Å². The first-order valence-electron chi connectivity index (χ1n) is 6.85. The summed E-state index contributed by atoms with van der Waals surface area (Å²) in [5.41, 5.74) is 0.705. The van der Waals surface area contributed by atoms with Gasteiger partial charge < -0.3 is 9.64 Å². The second kappa shape index (κ2) is 6.49. The molecule has 0 aliphatic carbocycles. The predicted octanol–water partition coefficient (Wildman–Crippen LogP) is 1.08. The van der Waals surface area contributed by atoms with Gasteiger partial charge in [-0.25, -0.2) is 12.7 Å². The second-order valence-corrected chi connectivity index (χ2v) is 7.10. The molecule has 1 aromatic carbocycles. The van der Waals surface area contributed by atoms with Crippen LogP contribution in [0.1, 0.15) is 6.42 Å². The van der Waals surface area contributed by atoms with Crippen LogP contribution in [-0.4, -0.2) is 57.2 Å². The molecule has 0 spiro atoms. The van der Waals surface area contributed by atoms with E-state index in [1.54, 1.807) is 12.1 Å². The number of hydrogen-bond donors (Lipinski definition) is 0. The highest BCUT2D eigenvalue weighted by Crippen LogP contribution is 2.31. The van der Waals surface area contributed by atoms with E-state index in [1.165, 1.54) is 23.7 Å². The van der Waals surface area contributed by atoms with Gasteiger partial charge in [0.2, 0.25) is 10.0 Å². The van der Waals surface area contributed by atoms with Gasteiger partial charge in [-0.2, -0.15) is 0 Å². The van der Waals surface area contributed by atoms with Crippen LogP contribution in [0.4, 0.5) is 11.4 Å². The quantitative estimate of drug-likeness (QED) is 0.606. The molecule has 1 fully saturated rings. The molecular weight excluding hydrogens is 310 g/mol. The maximum atomic E-state index is 11.6.